The summed E-state index contributed by atoms with van der Waals surface area (Å²) >= 11 is 31.1. The number of hydrogen-bond acceptors (Lipinski definition) is 4. The molecule has 14 heteroatoms. The van der Waals surface area contributed by atoms with Gasteiger partial charge in [-0.2, -0.15) is 13.2 Å². The van der Waals surface area contributed by atoms with Crippen LogP contribution in [0.15, 0.2) is 36.4 Å². The van der Waals surface area contributed by atoms with E-state index >= 15 is 0 Å². The van der Waals surface area contributed by atoms with Gasteiger partial charge in [-0.3, -0.25) is 14.4 Å². The molecule has 1 fully saturated rings. The fourth-order valence-electron chi connectivity index (χ4n) is 3.98. The molecule has 2 atom stereocenters. The van der Waals surface area contributed by atoms with Crippen molar-refractivity contribution in [3.8, 4) is 0 Å². The fourth-order valence-corrected chi connectivity index (χ4v) is 5.60. The summed E-state index contributed by atoms with van der Waals surface area (Å²) in [5, 5.41) is 8.68. The summed E-state index contributed by atoms with van der Waals surface area (Å²) in [6, 6.07) is 9.41. The molecular weight excluding hydrogens is 625 g/mol. The van der Waals surface area contributed by atoms with Crippen LogP contribution in [0.4, 0.5) is 18.9 Å². The van der Waals surface area contributed by atoms with E-state index in [1.54, 1.807) is 24.3 Å². The molecule has 2 unspecified atom stereocenters. The molecule has 0 aromatic heterocycles. The highest BCUT2D eigenvalue weighted by molar-refractivity contribution is 6.53. The molecule has 39 heavy (non-hydrogen) atoms. The number of rotatable bonds is 12. The van der Waals surface area contributed by atoms with Crippen LogP contribution in [0.1, 0.15) is 41.1 Å². The number of carbonyl (C=O) groups is 3. The Kier molecular flexibility index (Phi) is 10.7. The van der Waals surface area contributed by atoms with Crippen LogP contribution in [0.25, 0.3) is 0 Å². The van der Waals surface area contributed by atoms with Crippen molar-refractivity contribution in [2.75, 3.05) is 25.0 Å². The highest BCUT2D eigenvalue weighted by Crippen LogP contribution is 2.65. The summed E-state index contributed by atoms with van der Waals surface area (Å²) in [7, 11) is 0. The molecule has 1 aliphatic rings. The van der Waals surface area contributed by atoms with Crippen molar-refractivity contribution in [1.29, 1.82) is 0 Å². The molecule has 0 aliphatic heterocycles. The maximum atomic E-state index is 12.9. The maximum Gasteiger partial charge on any atom is 0.390 e. The lowest BCUT2D eigenvalue weighted by atomic mass is 10.1. The molecule has 6 nitrogen and oxygen atoms in total. The van der Waals surface area contributed by atoms with E-state index in [4.69, 9.17) is 58.0 Å². The fraction of sp³-hybridized carbons (Fsp3) is 0.400. The topological polar surface area (TPSA) is 87.3 Å². The van der Waals surface area contributed by atoms with Gasteiger partial charge in [0.1, 0.15) is 4.33 Å². The van der Waals surface area contributed by atoms with Crippen LogP contribution in [0.5, 0.6) is 0 Å². The standard InChI is InChI=1S/C25H23Cl5F3N3O3/c26-14-8-13(9-15(27)10-14)21-22(25(21,29)30)19(37)12-36-16-3-4-18(28)17(11-16)23(39)35-6-1-2-20(38)34-7-5-24(31,32)33/h3-4,8-11,21-22,36H,1-2,5-7,12H2,(H,34,38)(H,35,39). The number of amides is 2. The van der Waals surface area contributed by atoms with Crippen LogP contribution in [-0.4, -0.2) is 47.7 Å². The molecular formula is C25H23Cl5F3N3O3. The zero-order chi connectivity index (χ0) is 29.0. The number of benzene rings is 2. The Morgan fingerprint density at radius 3 is 2.23 bits per heavy atom. The molecule has 2 aromatic rings. The third-order valence-electron chi connectivity index (χ3n) is 5.92. The van der Waals surface area contributed by atoms with Crippen LogP contribution in [-0.2, 0) is 9.59 Å². The average molecular weight is 648 g/mol. The normalized spacial score (nSPS) is 17.8. The second kappa shape index (κ2) is 13.2. The summed E-state index contributed by atoms with van der Waals surface area (Å²) in [6.45, 7) is -0.523. The van der Waals surface area contributed by atoms with Gasteiger partial charge < -0.3 is 16.0 Å². The number of Topliss-reactive ketones (excluding diaryl/α,β-unsaturated/α-hetero) is 1. The van der Waals surface area contributed by atoms with Gasteiger partial charge in [-0.15, -0.1) is 23.2 Å². The van der Waals surface area contributed by atoms with E-state index in [0.717, 1.165) is 0 Å². The summed E-state index contributed by atoms with van der Waals surface area (Å²) in [5.74, 6) is -2.49. The summed E-state index contributed by atoms with van der Waals surface area (Å²) in [5.41, 5.74) is 1.23. The lowest BCUT2D eigenvalue weighted by Gasteiger charge is -2.11. The zero-order valence-electron chi connectivity index (χ0n) is 20.1. The van der Waals surface area contributed by atoms with Crippen LogP contribution < -0.4 is 16.0 Å². The van der Waals surface area contributed by atoms with E-state index in [9.17, 15) is 27.6 Å². The first-order valence-electron chi connectivity index (χ1n) is 11.7. The van der Waals surface area contributed by atoms with Crippen LogP contribution in [0, 0.1) is 5.92 Å². The number of halogens is 8. The first-order valence-corrected chi connectivity index (χ1v) is 13.6. The van der Waals surface area contributed by atoms with Crippen molar-refractivity contribution in [2.45, 2.75) is 35.7 Å². The Hall–Kier alpha value is -1.91. The minimum absolute atomic E-state index is 0.0538. The quantitative estimate of drug-likeness (QED) is 0.175. The smallest absolute Gasteiger partial charge is 0.378 e. The van der Waals surface area contributed by atoms with Gasteiger partial charge in [0, 0.05) is 41.2 Å². The first-order chi connectivity index (χ1) is 18.2. The van der Waals surface area contributed by atoms with Gasteiger partial charge in [-0.05, 0) is 48.4 Å². The average Bonchev–Trinajstić information content (AvgIpc) is 3.41. The predicted octanol–water partition coefficient (Wildman–Crippen LogP) is 6.79. The highest BCUT2D eigenvalue weighted by atomic mass is 35.5. The molecule has 3 rings (SSSR count). The van der Waals surface area contributed by atoms with Crippen LogP contribution in [0.2, 0.25) is 15.1 Å². The molecule has 2 aromatic carbocycles. The van der Waals surface area contributed by atoms with Crippen LogP contribution in [0.3, 0.4) is 0 Å². The Bertz CT molecular complexity index is 1220. The summed E-state index contributed by atoms with van der Waals surface area (Å²) in [6.07, 6.45) is -5.29. The Labute approximate surface area is 247 Å². The third kappa shape index (κ3) is 9.05. The number of carbonyl (C=O) groups excluding carboxylic acids is 3. The Morgan fingerprint density at radius 1 is 0.923 bits per heavy atom. The summed E-state index contributed by atoms with van der Waals surface area (Å²) in [4.78, 5) is 37.1. The molecule has 0 saturated heterocycles. The van der Waals surface area contributed by atoms with E-state index in [1.807, 2.05) is 0 Å². The number of nitrogens with one attached hydrogen (secondary N) is 3. The predicted molar refractivity (Wildman–Crippen MR) is 147 cm³/mol. The lowest BCUT2D eigenvalue weighted by Crippen LogP contribution is -2.29. The monoisotopic (exact) mass is 645 g/mol. The van der Waals surface area contributed by atoms with Crippen molar-refractivity contribution in [1.82, 2.24) is 10.6 Å². The van der Waals surface area contributed by atoms with Crippen molar-refractivity contribution in [2.24, 2.45) is 5.92 Å². The number of ketones is 1. The van der Waals surface area contributed by atoms with E-state index < -0.39 is 47.1 Å². The van der Waals surface area contributed by atoms with E-state index in [1.165, 1.54) is 12.1 Å². The molecule has 1 aliphatic carbocycles. The molecule has 3 N–H and O–H groups in total. The van der Waals surface area contributed by atoms with Gasteiger partial charge in [0.05, 0.1) is 29.5 Å². The van der Waals surface area contributed by atoms with E-state index in [-0.39, 0.29) is 42.3 Å². The van der Waals surface area contributed by atoms with Gasteiger partial charge in [0.25, 0.3) is 5.91 Å². The first kappa shape index (κ1) is 31.6. The number of hydrogen-bond donors (Lipinski definition) is 3. The molecule has 1 saturated carbocycles. The highest BCUT2D eigenvalue weighted by Gasteiger charge is 2.67. The van der Waals surface area contributed by atoms with Crippen molar-refractivity contribution < 1.29 is 27.6 Å². The molecule has 0 heterocycles. The largest absolute Gasteiger partial charge is 0.390 e. The Morgan fingerprint density at radius 2 is 1.59 bits per heavy atom. The number of anilines is 1. The van der Waals surface area contributed by atoms with Crippen molar-refractivity contribution in [3.05, 3.63) is 62.6 Å². The van der Waals surface area contributed by atoms with Crippen LogP contribution >= 0.6 is 58.0 Å². The molecule has 0 radical (unpaired) electrons. The second-order valence-electron chi connectivity index (χ2n) is 8.92. The molecule has 0 bridgehead atoms. The number of alkyl halides is 5. The van der Waals surface area contributed by atoms with Gasteiger partial charge in [0.2, 0.25) is 5.91 Å². The minimum Gasteiger partial charge on any atom is -0.378 e. The maximum absolute atomic E-state index is 12.9. The second-order valence-corrected chi connectivity index (χ2v) is 11.6. The minimum atomic E-state index is -4.35. The van der Waals surface area contributed by atoms with Crippen molar-refractivity contribution >= 4 is 81.3 Å². The Balaban J connectivity index is 1.49. The van der Waals surface area contributed by atoms with E-state index in [2.05, 4.69) is 16.0 Å². The molecule has 0 spiro atoms. The molecule has 2 amide bonds. The third-order valence-corrected chi connectivity index (χ3v) is 7.63. The van der Waals surface area contributed by atoms with Crippen molar-refractivity contribution in [3.63, 3.8) is 0 Å². The zero-order valence-corrected chi connectivity index (χ0v) is 23.9. The van der Waals surface area contributed by atoms with Gasteiger partial charge in [0.15, 0.2) is 5.78 Å². The SMILES string of the molecule is O=C(CCCNC(=O)c1cc(NCC(=O)C2C(c3cc(Cl)cc(Cl)c3)C2(Cl)Cl)ccc1Cl)NCCC(F)(F)F. The van der Waals surface area contributed by atoms with Gasteiger partial charge in [-0.25, -0.2) is 0 Å². The van der Waals surface area contributed by atoms with Gasteiger partial charge >= 0.3 is 6.18 Å². The lowest BCUT2D eigenvalue weighted by molar-refractivity contribution is -0.135. The summed E-state index contributed by atoms with van der Waals surface area (Å²) < 4.78 is 35.1. The molecule has 212 valence electrons. The van der Waals surface area contributed by atoms with E-state index in [0.29, 0.717) is 21.3 Å². The van der Waals surface area contributed by atoms with Gasteiger partial charge in [-0.1, -0.05) is 34.8 Å².